The van der Waals surface area contributed by atoms with Crippen LogP contribution in [0.4, 0.5) is 17.3 Å². The van der Waals surface area contributed by atoms with Gasteiger partial charge in [-0.15, -0.1) is 0 Å². The molecule has 3 fully saturated rings. The van der Waals surface area contributed by atoms with Gasteiger partial charge in [0.15, 0.2) is 0 Å². The van der Waals surface area contributed by atoms with Crippen molar-refractivity contribution in [2.24, 2.45) is 0 Å². The number of pyridine rings is 6. The summed E-state index contributed by atoms with van der Waals surface area (Å²) in [5, 5.41) is 21.2. The number of fused-ring (bicyclic) bond motifs is 4. The molecule has 0 spiro atoms. The molecule has 0 aliphatic carbocycles. The van der Waals surface area contributed by atoms with Crippen molar-refractivity contribution in [1.82, 2.24) is 65.2 Å². The van der Waals surface area contributed by atoms with Crippen LogP contribution in [-0.2, 0) is 6.54 Å². The van der Waals surface area contributed by atoms with E-state index in [2.05, 4.69) is 91.2 Å². The first-order chi connectivity index (χ1) is 38.0. The number of piperidine rings is 2. The first kappa shape index (κ1) is 49.1. The van der Waals surface area contributed by atoms with Crippen molar-refractivity contribution in [3.05, 3.63) is 146 Å². The highest BCUT2D eigenvalue weighted by Crippen LogP contribution is 2.36. The van der Waals surface area contributed by atoms with Gasteiger partial charge in [0, 0.05) is 91.3 Å². The van der Waals surface area contributed by atoms with E-state index in [-0.39, 0.29) is 0 Å². The molecule has 3 aliphatic heterocycles. The fourth-order valence-corrected chi connectivity index (χ4v) is 11.0. The fourth-order valence-electron chi connectivity index (χ4n) is 11.0. The van der Waals surface area contributed by atoms with Gasteiger partial charge in [0.05, 0.1) is 56.7 Å². The Balaban J connectivity index is 0.000000150. The third-order valence-electron chi connectivity index (χ3n) is 14.8. The number of benzene rings is 1. The zero-order chi connectivity index (χ0) is 52.1. The summed E-state index contributed by atoms with van der Waals surface area (Å²) in [4.78, 5) is 42.9. The monoisotopic (exact) mass is 1020 g/mol. The van der Waals surface area contributed by atoms with Crippen LogP contribution in [0.15, 0.2) is 135 Å². The molecule has 0 radical (unpaired) electrons. The lowest BCUT2D eigenvalue weighted by atomic mass is 10.1. The summed E-state index contributed by atoms with van der Waals surface area (Å²) in [5.41, 5.74) is 16.7. The summed E-state index contributed by atoms with van der Waals surface area (Å²) in [7, 11) is 0. The maximum absolute atomic E-state index is 5.04. The fraction of sp³-hybridized carbons (Fsp3) is 0.279. The lowest BCUT2D eigenvalue weighted by Crippen LogP contribution is -2.30. The van der Waals surface area contributed by atoms with Crippen molar-refractivity contribution in [3.63, 3.8) is 0 Å². The number of nitrogens with one attached hydrogen (secondary N) is 5. The molecule has 388 valence electrons. The van der Waals surface area contributed by atoms with Crippen molar-refractivity contribution < 1.29 is 0 Å². The standard InChI is InChI=1S/C31H28N8.C28H30N8.C2H6/c1-20(21-8-4-2-5-9-21)34-23-16-22(18-32-19-23)25-10-11-27-29(36-25)30(38-37-27)28-17-24-26(35-28)12-13-33-31(24)39-14-6-3-7-15-39;1-2-12-36(13-3-1)28-21-15-25(31-23(21)8-9-30-28)27-26-24(33-34-27)7-6-22(32-26)20-14-19(16-29-17-20)18-35-10-4-5-11-35;1-2/h2,4-5,8-13,16-19,34-35H,1,3,6-7,14-15H2,(H,37,38);6-9,14-17,31H,1-5,10-13,18H2,(H,33,34);1-2H3. The van der Waals surface area contributed by atoms with Crippen molar-refractivity contribution in [2.45, 2.75) is 71.8 Å². The Morgan fingerprint density at radius 1 is 0.545 bits per heavy atom. The number of rotatable bonds is 11. The lowest BCUT2D eigenvalue weighted by Gasteiger charge is -2.28. The van der Waals surface area contributed by atoms with Crippen molar-refractivity contribution in [3.8, 4) is 45.3 Å². The normalized spacial score (nSPS) is 14.9. The number of likely N-dealkylation sites (tertiary alicyclic amines) is 1. The number of hydrogen-bond acceptors (Lipinski definition) is 12. The summed E-state index contributed by atoms with van der Waals surface area (Å²) in [6, 6.07) is 30.8. The largest absolute Gasteiger partial charge is 0.356 e. The number of H-pyrrole nitrogens is 4. The van der Waals surface area contributed by atoms with Crippen molar-refractivity contribution in [1.29, 1.82) is 0 Å². The van der Waals surface area contributed by atoms with E-state index in [1.165, 1.54) is 70.0 Å². The summed E-state index contributed by atoms with van der Waals surface area (Å²) in [5.74, 6) is 2.10. The van der Waals surface area contributed by atoms with Crippen LogP contribution in [0.1, 0.15) is 76.3 Å². The van der Waals surface area contributed by atoms with Crippen LogP contribution in [0.3, 0.4) is 0 Å². The average Bonchev–Trinajstić information content (AvgIpc) is 4.39. The number of aromatic nitrogens is 12. The van der Waals surface area contributed by atoms with Gasteiger partial charge in [0.2, 0.25) is 0 Å². The molecule has 11 aromatic rings. The molecule has 3 saturated heterocycles. The predicted molar refractivity (Wildman–Crippen MR) is 312 cm³/mol. The van der Waals surface area contributed by atoms with E-state index in [0.29, 0.717) is 0 Å². The molecule has 3 aliphatic rings. The highest BCUT2D eigenvalue weighted by atomic mass is 15.2. The van der Waals surface area contributed by atoms with Crippen LogP contribution < -0.4 is 15.1 Å². The molecule has 5 N–H and O–H groups in total. The topological polar surface area (TPSA) is 188 Å². The molecule has 0 unspecified atom stereocenters. The minimum Gasteiger partial charge on any atom is -0.356 e. The lowest BCUT2D eigenvalue weighted by molar-refractivity contribution is 0.331. The maximum Gasteiger partial charge on any atom is 0.137 e. The van der Waals surface area contributed by atoms with Gasteiger partial charge in [-0.2, -0.15) is 10.2 Å². The molecule has 0 bridgehead atoms. The minimum absolute atomic E-state index is 0.785. The van der Waals surface area contributed by atoms with Crippen LogP contribution in [0, 0.1) is 0 Å². The van der Waals surface area contributed by atoms with E-state index in [1.807, 2.05) is 112 Å². The predicted octanol–water partition coefficient (Wildman–Crippen LogP) is 12.8. The maximum atomic E-state index is 5.04. The molecule has 14 rings (SSSR count). The van der Waals surface area contributed by atoms with Gasteiger partial charge in [-0.1, -0.05) is 50.8 Å². The zero-order valence-corrected chi connectivity index (χ0v) is 43.9. The molecule has 1 aromatic carbocycles. The van der Waals surface area contributed by atoms with Gasteiger partial charge in [-0.25, -0.2) is 19.9 Å². The van der Waals surface area contributed by atoms with Crippen LogP contribution in [0.2, 0.25) is 0 Å². The summed E-state index contributed by atoms with van der Waals surface area (Å²) < 4.78 is 0. The molecule has 0 amide bonds. The third-order valence-corrected chi connectivity index (χ3v) is 14.8. The van der Waals surface area contributed by atoms with Crippen LogP contribution in [0.5, 0.6) is 0 Å². The first-order valence-corrected chi connectivity index (χ1v) is 27.3. The molecule has 0 atom stereocenters. The van der Waals surface area contributed by atoms with Crippen LogP contribution in [-0.4, -0.2) is 104 Å². The Morgan fingerprint density at radius 2 is 1.06 bits per heavy atom. The Labute approximate surface area is 447 Å². The number of anilines is 3. The Bertz CT molecular complexity index is 3810. The second kappa shape index (κ2) is 22.2. The van der Waals surface area contributed by atoms with E-state index in [1.54, 1.807) is 6.20 Å². The quantitative estimate of drug-likeness (QED) is 0.0826. The molecule has 16 nitrogen and oxygen atoms in total. The number of aromatic amines is 4. The Hall–Kier alpha value is -8.76. The average molecular weight is 1020 g/mol. The molecule has 16 heteroatoms. The summed E-state index contributed by atoms with van der Waals surface area (Å²) >= 11 is 0. The van der Waals surface area contributed by atoms with E-state index < -0.39 is 0 Å². The molecule has 10 aromatic heterocycles. The third kappa shape index (κ3) is 10.4. The SMILES string of the molecule is C=C(Nc1cncc(-c2ccc3[nH]nc(-c4cc5c(N6CCCCC6)nccc5[nH]4)c3n2)c1)c1ccccc1.CC.c1cc2[nH]c(-c3n[nH]c4ccc(-c5cncc(CN6CCCC6)c5)nc34)cc2c(N2CCCCC2)n1. The van der Waals surface area contributed by atoms with E-state index >= 15 is 0 Å². The van der Waals surface area contributed by atoms with Gasteiger partial charge in [-0.3, -0.25) is 25.1 Å². The second-order valence-corrected chi connectivity index (χ2v) is 20.0. The highest BCUT2D eigenvalue weighted by Gasteiger charge is 2.22. The molecule has 13 heterocycles. The smallest absolute Gasteiger partial charge is 0.137 e. The minimum atomic E-state index is 0.785. The van der Waals surface area contributed by atoms with Gasteiger partial charge < -0.3 is 25.1 Å². The van der Waals surface area contributed by atoms with Gasteiger partial charge in [0.25, 0.3) is 0 Å². The summed E-state index contributed by atoms with van der Waals surface area (Å²) in [6.07, 6.45) is 21.3. The van der Waals surface area contributed by atoms with Gasteiger partial charge in [-0.05, 0) is 136 Å². The van der Waals surface area contributed by atoms with Crippen LogP contribution in [0.25, 0.3) is 94.9 Å². The molecular formula is C61H64N16. The summed E-state index contributed by atoms with van der Waals surface area (Å²) in [6.45, 7) is 15.7. The second-order valence-electron chi connectivity index (χ2n) is 20.0. The van der Waals surface area contributed by atoms with E-state index in [4.69, 9.17) is 19.9 Å². The van der Waals surface area contributed by atoms with Gasteiger partial charge in [0.1, 0.15) is 34.1 Å². The molecule has 0 saturated carbocycles. The first-order valence-electron chi connectivity index (χ1n) is 27.3. The van der Waals surface area contributed by atoms with E-state index in [0.717, 1.165) is 150 Å². The Kier molecular flexibility index (Phi) is 14.2. The zero-order valence-electron chi connectivity index (χ0n) is 43.9. The van der Waals surface area contributed by atoms with Gasteiger partial charge >= 0.3 is 0 Å². The number of hydrogen-bond donors (Lipinski definition) is 5. The van der Waals surface area contributed by atoms with Crippen molar-refractivity contribution >= 4 is 66.9 Å². The Morgan fingerprint density at radius 3 is 1.62 bits per heavy atom. The van der Waals surface area contributed by atoms with Crippen molar-refractivity contribution in [2.75, 3.05) is 54.4 Å². The van der Waals surface area contributed by atoms with Crippen LogP contribution >= 0.6 is 0 Å². The van der Waals surface area contributed by atoms with E-state index in [9.17, 15) is 0 Å². The number of nitrogens with zero attached hydrogens (tertiary/aromatic N) is 11. The molecular weight excluding hydrogens is 957 g/mol. The molecule has 77 heavy (non-hydrogen) atoms. The highest BCUT2D eigenvalue weighted by molar-refractivity contribution is 5.99.